The predicted octanol–water partition coefficient (Wildman–Crippen LogP) is 3.87. The first kappa shape index (κ1) is 15.1. The lowest BCUT2D eigenvalue weighted by molar-refractivity contribution is 0.0958. The maximum atomic E-state index is 11.7. The summed E-state index contributed by atoms with van der Waals surface area (Å²) in [6.45, 7) is 4.74. The van der Waals surface area contributed by atoms with Gasteiger partial charge in [0.25, 0.3) is 5.91 Å². The molecule has 0 spiro atoms. The minimum Gasteiger partial charge on any atom is -0.381 e. The number of carbonyl (C=O) groups is 1. The van der Waals surface area contributed by atoms with Gasteiger partial charge in [0.05, 0.1) is 0 Å². The van der Waals surface area contributed by atoms with Crippen molar-refractivity contribution >= 4 is 23.2 Å². The molecule has 0 aliphatic carbocycles. The van der Waals surface area contributed by atoms with Crippen molar-refractivity contribution in [1.29, 1.82) is 0 Å². The zero-order valence-electron chi connectivity index (χ0n) is 11.6. The topological polar surface area (TPSA) is 41.1 Å². The fraction of sp³-hybridized carbons (Fsp3) is 0.118. The van der Waals surface area contributed by atoms with Crippen LogP contribution < -0.4 is 10.6 Å². The number of anilines is 1. The largest absolute Gasteiger partial charge is 0.381 e. The summed E-state index contributed by atoms with van der Waals surface area (Å²) in [7, 11) is 0. The molecule has 2 aromatic rings. The zero-order chi connectivity index (χ0) is 15.1. The molecular formula is C17H17ClN2O. The summed E-state index contributed by atoms with van der Waals surface area (Å²) in [6.07, 6.45) is 1.65. The molecule has 108 valence electrons. The van der Waals surface area contributed by atoms with Crippen molar-refractivity contribution in [2.24, 2.45) is 0 Å². The van der Waals surface area contributed by atoms with E-state index < -0.39 is 0 Å². The summed E-state index contributed by atoms with van der Waals surface area (Å²) in [4.78, 5) is 11.7. The molecule has 2 aromatic carbocycles. The minimum atomic E-state index is -0.0980. The number of benzene rings is 2. The van der Waals surface area contributed by atoms with Crippen molar-refractivity contribution in [3.8, 4) is 0 Å². The third-order valence-corrected chi connectivity index (χ3v) is 3.22. The van der Waals surface area contributed by atoms with Crippen LogP contribution in [-0.4, -0.2) is 12.5 Å². The van der Waals surface area contributed by atoms with E-state index in [-0.39, 0.29) is 5.91 Å². The molecule has 0 aromatic heterocycles. The molecule has 0 saturated carbocycles. The lowest BCUT2D eigenvalue weighted by Gasteiger charge is -2.08. The van der Waals surface area contributed by atoms with E-state index >= 15 is 0 Å². The second-order valence-corrected chi connectivity index (χ2v) is 4.99. The van der Waals surface area contributed by atoms with Gasteiger partial charge in [-0.15, -0.1) is 6.58 Å². The average Bonchev–Trinajstić information content (AvgIpc) is 2.52. The predicted molar refractivity (Wildman–Crippen MR) is 87.8 cm³/mol. The van der Waals surface area contributed by atoms with Crippen molar-refractivity contribution in [2.75, 3.05) is 11.9 Å². The molecule has 2 rings (SSSR count). The van der Waals surface area contributed by atoms with Crippen molar-refractivity contribution in [2.45, 2.75) is 6.54 Å². The SMILES string of the molecule is C=CCNC(=O)c1ccc(NCc2ccc(Cl)cc2)cc1. The maximum Gasteiger partial charge on any atom is 0.251 e. The molecule has 0 heterocycles. The summed E-state index contributed by atoms with van der Waals surface area (Å²) >= 11 is 5.85. The highest BCUT2D eigenvalue weighted by molar-refractivity contribution is 6.30. The molecule has 0 unspecified atom stereocenters. The van der Waals surface area contributed by atoms with E-state index in [9.17, 15) is 4.79 Å². The Morgan fingerprint density at radius 2 is 1.76 bits per heavy atom. The molecule has 0 radical (unpaired) electrons. The summed E-state index contributed by atoms with van der Waals surface area (Å²) in [5.74, 6) is -0.0980. The Hall–Kier alpha value is -2.26. The highest BCUT2D eigenvalue weighted by Gasteiger charge is 2.03. The van der Waals surface area contributed by atoms with Crippen molar-refractivity contribution in [3.05, 3.63) is 77.3 Å². The first-order chi connectivity index (χ1) is 10.2. The Kier molecular flexibility index (Phi) is 5.41. The summed E-state index contributed by atoms with van der Waals surface area (Å²) in [5.41, 5.74) is 2.74. The van der Waals surface area contributed by atoms with Gasteiger partial charge in [-0.25, -0.2) is 0 Å². The standard InChI is InChI=1S/C17H17ClN2O/c1-2-11-19-17(21)14-5-9-16(10-6-14)20-12-13-3-7-15(18)8-4-13/h2-10,20H,1,11-12H2,(H,19,21). The molecule has 4 heteroatoms. The Morgan fingerprint density at radius 1 is 1.10 bits per heavy atom. The minimum absolute atomic E-state index is 0.0980. The molecule has 0 fully saturated rings. The van der Waals surface area contributed by atoms with Crippen molar-refractivity contribution in [1.82, 2.24) is 5.32 Å². The molecule has 21 heavy (non-hydrogen) atoms. The Bertz CT molecular complexity index is 606. The van der Waals surface area contributed by atoms with Crippen LogP contribution in [0.4, 0.5) is 5.69 Å². The van der Waals surface area contributed by atoms with E-state index in [2.05, 4.69) is 17.2 Å². The van der Waals surface area contributed by atoms with Gasteiger partial charge >= 0.3 is 0 Å². The second-order valence-electron chi connectivity index (χ2n) is 4.56. The maximum absolute atomic E-state index is 11.7. The van der Waals surface area contributed by atoms with Gasteiger partial charge in [-0.05, 0) is 42.0 Å². The monoisotopic (exact) mass is 300 g/mol. The highest BCUT2D eigenvalue weighted by Crippen LogP contribution is 2.13. The van der Waals surface area contributed by atoms with Gasteiger partial charge in [0.1, 0.15) is 0 Å². The lowest BCUT2D eigenvalue weighted by Crippen LogP contribution is -2.23. The van der Waals surface area contributed by atoms with Crippen molar-refractivity contribution < 1.29 is 4.79 Å². The van der Waals surface area contributed by atoms with Gasteiger partial charge in [0, 0.05) is 29.4 Å². The van der Waals surface area contributed by atoms with Crippen LogP contribution in [0, 0.1) is 0 Å². The van der Waals surface area contributed by atoms with Gasteiger partial charge in [0.15, 0.2) is 0 Å². The molecule has 0 saturated heterocycles. The van der Waals surface area contributed by atoms with Gasteiger partial charge in [0.2, 0.25) is 0 Å². The quantitative estimate of drug-likeness (QED) is 0.795. The summed E-state index contributed by atoms with van der Waals surface area (Å²) in [5, 5.41) is 6.77. The molecule has 1 amide bonds. The molecule has 0 aliphatic rings. The first-order valence-electron chi connectivity index (χ1n) is 6.66. The zero-order valence-corrected chi connectivity index (χ0v) is 12.4. The van der Waals surface area contributed by atoms with Crippen LogP contribution in [0.1, 0.15) is 15.9 Å². The van der Waals surface area contributed by atoms with E-state index in [0.29, 0.717) is 18.7 Å². The van der Waals surface area contributed by atoms with Crippen molar-refractivity contribution in [3.63, 3.8) is 0 Å². The highest BCUT2D eigenvalue weighted by atomic mass is 35.5. The normalized spacial score (nSPS) is 9.95. The van der Waals surface area contributed by atoms with Crippen LogP contribution in [0.3, 0.4) is 0 Å². The van der Waals surface area contributed by atoms with Crippen LogP contribution in [0.2, 0.25) is 5.02 Å². The second kappa shape index (κ2) is 7.50. The van der Waals surface area contributed by atoms with E-state index in [4.69, 9.17) is 11.6 Å². The summed E-state index contributed by atoms with van der Waals surface area (Å²) < 4.78 is 0. The van der Waals surface area contributed by atoms with Gasteiger partial charge in [-0.3, -0.25) is 4.79 Å². The van der Waals surface area contributed by atoms with Crippen LogP contribution in [0.25, 0.3) is 0 Å². The van der Waals surface area contributed by atoms with E-state index in [1.165, 1.54) is 0 Å². The Balaban J connectivity index is 1.91. The van der Waals surface area contributed by atoms with E-state index in [1.807, 2.05) is 36.4 Å². The lowest BCUT2D eigenvalue weighted by atomic mass is 10.2. The third kappa shape index (κ3) is 4.65. The Morgan fingerprint density at radius 3 is 2.38 bits per heavy atom. The third-order valence-electron chi connectivity index (χ3n) is 2.96. The van der Waals surface area contributed by atoms with Crippen LogP contribution in [0.5, 0.6) is 0 Å². The molecular weight excluding hydrogens is 284 g/mol. The number of halogens is 1. The van der Waals surface area contributed by atoms with Gasteiger partial charge < -0.3 is 10.6 Å². The number of hydrogen-bond acceptors (Lipinski definition) is 2. The molecule has 2 N–H and O–H groups in total. The van der Waals surface area contributed by atoms with Gasteiger partial charge in [-0.2, -0.15) is 0 Å². The Labute approximate surface area is 129 Å². The van der Waals surface area contributed by atoms with E-state index in [1.54, 1.807) is 18.2 Å². The number of amides is 1. The number of carbonyl (C=O) groups excluding carboxylic acids is 1. The number of nitrogens with one attached hydrogen (secondary N) is 2. The number of rotatable bonds is 6. The van der Waals surface area contributed by atoms with Crippen LogP contribution in [-0.2, 0) is 6.54 Å². The molecule has 0 aliphatic heterocycles. The molecule has 0 bridgehead atoms. The smallest absolute Gasteiger partial charge is 0.251 e. The number of hydrogen-bond donors (Lipinski definition) is 2. The molecule has 3 nitrogen and oxygen atoms in total. The summed E-state index contributed by atoms with van der Waals surface area (Å²) in [6, 6.07) is 15.1. The van der Waals surface area contributed by atoms with Crippen LogP contribution >= 0.6 is 11.6 Å². The first-order valence-corrected chi connectivity index (χ1v) is 7.04. The van der Waals surface area contributed by atoms with E-state index in [0.717, 1.165) is 16.3 Å². The molecule has 0 atom stereocenters. The van der Waals surface area contributed by atoms with Gasteiger partial charge in [-0.1, -0.05) is 29.8 Å². The fourth-order valence-corrected chi connectivity index (χ4v) is 1.94. The average molecular weight is 301 g/mol. The van der Waals surface area contributed by atoms with Crippen LogP contribution in [0.15, 0.2) is 61.2 Å². The fourth-order valence-electron chi connectivity index (χ4n) is 1.81.